The van der Waals surface area contributed by atoms with Crippen molar-refractivity contribution in [3.8, 4) is 10.4 Å². The van der Waals surface area contributed by atoms with Crippen LogP contribution >= 0.6 is 11.3 Å². The maximum absolute atomic E-state index is 13.0. The molecule has 0 radical (unpaired) electrons. The third kappa shape index (κ3) is 2.92. The Hall–Kier alpha value is -2.66. The summed E-state index contributed by atoms with van der Waals surface area (Å²) in [5.74, 6) is 0.0303. The van der Waals surface area contributed by atoms with Crippen LogP contribution in [0.2, 0.25) is 0 Å². The second-order valence-electron chi connectivity index (χ2n) is 7.18. The molecule has 4 nitrogen and oxygen atoms in total. The Bertz CT molecular complexity index is 1040. The van der Waals surface area contributed by atoms with E-state index >= 15 is 0 Å². The van der Waals surface area contributed by atoms with Gasteiger partial charge in [0.05, 0.1) is 22.6 Å². The van der Waals surface area contributed by atoms with Gasteiger partial charge in [0.1, 0.15) is 5.69 Å². The maximum Gasteiger partial charge on any atom is 0.269 e. The summed E-state index contributed by atoms with van der Waals surface area (Å²) in [7, 11) is 0. The summed E-state index contributed by atoms with van der Waals surface area (Å²) in [4.78, 5) is 19.9. The van der Waals surface area contributed by atoms with Crippen molar-refractivity contribution >= 4 is 22.9 Å². The van der Waals surface area contributed by atoms with E-state index in [0.717, 1.165) is 39.5 Å². The fourth-order valence-corrected chi connectivity index (χ4v) is 5.41. The van der Waals surface area contributed by atoms with Gasteiger partial charge >= 0.3 is 0 Å². The van der Waals surface area contributed by atoms with Crippen LogP contribution in [0.5, 0.6) is 0 Å². The van der Waals surface area contributed by atoms with Gasteiger partial charge in [0, 0.05) is 0 Å². The van der Waals surface area contributed by atoms with Crippen LogP contribution in [0.4, 0.5) is 5.69 Å². The van der Waals surface area contributed by atoms with Crippen molar-refractivity contribution in [2.24, 2.45) is 4.99 Å². The van der Waals surface area contributed by atoms with Crippen LogP contribution in [-0.4, -0.2) is 16.5 Å². The number of nitrogens with zero attached hydrogens (tertiary/aromatic N) is 2. The Morgan fingerprint density at radius 3 is 2.44 bits per heavy atom. The van der Waals surface area contributed by atoms with Crippen molar-refractivity contribution < 1.29 is 4.79 Å². The number of nitrogens with one attached hydrogen (secondary N) is 1. The van der Waals surface area contributed by atoms with E-state index in [0.29, 0.717) is 6.04 Å². The van der Waals surface area contributed by atoms with Gasteiger partial charge in [-0.15, -0.1) is 0 Å². The van der Waals surface area contributed by atoms with Crippen molar-refractivity contribution in [2.75, 3.05) is 0 Å². The van der Waals surface area contributed by atoms with Crippen molar-refractivity contribution in [3.63, 3.8) is 0 Å². The molecule has 0 saturated heterocycles. The minimum atomic E-state index is 0.0303. The molecule has 136 valence electrons. The SMILES string of the molecule is O=C1NC2CCCCC2n2c1c(-c1ccccc1)sc2=Nc1ccccc1. The first-order valence-corrected chi connectivity index (χ1v) is 10.3. The van der Waals surface area contributed by atoms with Gasteiger partial charge < -0.3 is 9.88 Å². The molecule has 5 rings (SSSR count). The second kappa shape index (κ2) is 6.82. The number of fused-ring (bicyclic) bond motifs is 3. The molecule has 1 aromatic heterocycles. The first-order chi connectivity index (χ1) is 13.3. The number of aromatic nitrogens is 1. The van der Waals surface area contributed by atoms with Gasteiger partial charge in [-0.3, -0.25) is 4.79 Å². The summed E-state index contributed by atoms with van der Waals surface area (Å²) in [5, 5.41) is 3.27. The molecule has 2 aromatic carbocycles. The molecule has 1 saturated carbocycles. The van der Waals surface area contributed by atoms with Crippen LogP contribution < -0.4 is 10.1 Å². The fraction of sp³-hybridized carbons (Fsp3) is 0.273. The first kappa shape index (κ1) is 16.5. The van der Waals surface area contributed by atoms with Gasteiger partial charge in [0.25, 0.3) is 5.91 Å². The van der Waals surface area contributed by atoms with Crippen LogP contribution in [0.15, 0.2) is 65.7 Å². The molecule has 1 amide bonds. The average Bonchev–Trinajstić information content (AvgIpc) is 3.10. The molecule has 5 heteroatoms. The van der Waals surface area contributed by atoms with Crippen molar-refractivity contribution in [1.82, 2.24) is 9.88 Å². The number of amides is 1. The number of carbonyl (C=O) groups is 1. The quantitative estimate of drug-likeness (QED) is 0.695. The van der Waals surface area contributed by atoms with Gasteiger partial charge in [0.2, 0.25) is 0 Å². The predicted octanol–water partition coefficient (Wildman–Crippen LogP) is 4.68. The van der Waals surface area contributed by atoms with Crippen molar-refractivity contribution in [3.05, 3.63) is 71.2 Å². The molecule has 1 aliphatic heterocycles. The van der Waals surface area contributed by atoms with Crippen LogP contribution in [-0.2, 0) is 0 Å². The number of benzene rings is 2. The lowest BCUT2D eigenvalue weighted by Gasteiger charge is -2.37. The van der Waals surface area contributed by atoms with Crippen molar-refractivity contribution in [2.45, 2.75) is 37.8 Å². The molecule has 0 spiro atoms. The lowest BCUT2D eigenvalue weighted by Crippen LogP contribution is -2.51. The summed E-state index contributed by atoms with van der Waals surface area (Å²) in [6.07, 6.45) is 4.51. The molecule has 1 N–H and O–H groups in total. The zero-order valence-electron chi connectivity index (χ0n) is 15.0. The van der Waals surface area contributed by atoms with E-state index in [9.17, 15) is 4.79 Å². The molecule has 2 heterocycles. The van der Waals surface area contributed by atoms with Crippen molar-refractivity contribution in [1.29, 1.82) is 0 Å². The molecule has 2 atom stereocenters. The van der Waals surface area contributed by atoms with Gasteiger partial charge in [-0.05, 0) is 30.5 Å². The highest BCUT2D eigenvalue weighted by atomic mass is 32.1. The summed E-state index contributed by atoms with van der Waals surface area (Å²) < 4.78 is 2.22. The van der Waals surface area contributed by atoms with Gasteiger partial charge in [-0.1, -0.05) is 72.7 Å². The number of para-hydroxylation sites is 1. The van der Waals surface area contributed by atoms with E-state index in [-0.39, 0.29) is 11.9 Å². The molecule has 2 unspecified atom stereocenters. The van der Waals surface area contributed by atoms with Gasteiger partial charge in [0.15, 0.2) is 4.80 Å². The van der Waals surface area contributed by atoms with E-state index in [2.05, 4.69) is 22.0 Å². The Balaban J connectivity index is 1.77. The zero-order chi connectivity index (χ0) is 18.2. The molecule has 0 bridgehead atoms. The Morgan fingerprint density at radius 1 is 0.963 bits per heavy atom. The predicted molar refractivity (Wildman–Crippen MR) is 108 cm³/mol. The minimum absolute atomic E-state index is 0.0303. The van der Waals surface area contributed by atoms with Gasteiger partial charge in [-0.25, -0.2) is 4.99 Å². The standard InChI is InChI=1S/C22H21N3OS/c26-21-19-20(15-9-3-1-4-10-15)27-22(23-16-11-5-2-6-12-16)25(19)18-14-8-7-13-17(18)24-21/h1-6,9-12,17-18H,7-8,13-14H2,(H,24,26). The van der Waals surface area contributed by atoms with E-state index in [4.69, 9.17) is 4.99 Å². The van der Waals surface area contributed by atoms with Crippen LogP contribution in [0.3, 0.4) is 0 Å². The monoisotopic (exact) mass is 375 g/mol. The summed E-state index contributed by atoms with van der Waals surface area (Å²) in [6.45, 7) is 0. The topological polar surface area (TPSA) is 46.4 Å². The number of carbonyl (C=O) groups excluding carboxylic acids is 1. The third-order valence-corrected chi connectivity index (χ3v) is 6.57. The van der Waals surface area contributed by atoms with E-state index in [1.807, 2.05) is 48.5 Å². The Morgan fingerprint density at radius 2 is 1.67 bits per heavy atom. The highest BCUT2D eigenvalue weighted by Crippen LogP contribution is 2.37. The minimum Gasteiger partial charge on any atom is -0.346 e. The van der Waals surface area contributed by atoms with Crippen LogP contribution in [0, 0.1) is 0 Å². The second-order valence-corrected chi connectivity index (χ2v) is 8.16. The molecular weight excluding hydrogens is 354 g/mol. The van der Waals surface area contributed by atoms with Gasteiger partial charge in [-0.2, -0.15) is 0 Å². The molecule has 2 aliphatic rings. The Kier molecular flexibility index (Phi) is 4.17. The largest absolute Gasteiger partial charge is 0.346 e. The number of rotatable bonds is 2. The zero-order valence-corrected chi connectivity index (χ0v) is 15.8. The molecule has 1 aliphatic carbocycles. The smallest absolute Gasteiger partial charge is 0.269 e. The van der Waals surface area contributed by atoms with Crippen LogP contribution in [0.25, 0.3) is 10.4 Å². The lowest BCUT2D eigenvalue weighted by atomic mass is 9.88. The summed E-state index contributed by atoms with van der Waals surface area (Å²) >= 11 is 1.62. The van der Waals surface area contributed by atoms with Crippen LogP contribution in [0.1, 0.15) is 42.2 Å². The van der Waals surface area contributed by atoms with E-state index in [1.54, 1.807) is 11.3 Å². The number of thiazole rings is 1. The number of hydrogen-bond donors (Lipinski definition) is 1. The van der Waals surface area contributed by atoms with E-state index < -0.39 is 0 Å². The molecular formula is C22H21N3OS. The fourth-order valence-electron chi connectivity index (χ4n) is 4.21. The van der Waals surface area contributed by atoms with E-state index in [1.165, 1.54) is 12.8 Å². The average molecular weight is 375 g/mol. The molecule has 27 heavy (non-hydrogen) atoms. The first-order valence-electron chi connectivity index (χ1n) is 9.52. The molecule has 3 aromatic rings. The highest BCUT2D eigenvalue weighted by Gasteiger charge is 2.38. The lowest BCUT2D eigenvalue weighted by molar-refractivity contribution is 0.0850. The normalized spacial score (nSPS) is 22.1. The summed E-state index contributed by atoms with van der Waals surface area (Å²) in [6, 6.07) is 20.7. The maximum atomic E-state index is 13.0. The third-order valence-electron chi connectivity index (χ3n) is 5.47. The molecule has 1 fully saturated rings. The highest BCUT2D eigenvalue weighted by molar-refractivity contribution is 7.13. The number of hydrogen-bond acceptors (Lipinski definition) is 3. The Labute approximate surface area is 162 Å². The summed E-state index contributed by atoms with van der Waals surface area (Å²) in [5.41, 5.74) is 2.77.